The Balaban J connectivity index is 1.07. The van der Waals surface area contributed by atoms with Gasteiger partial charge in [-0.15, -0.1) is 0 Å². The number of aryl methyl sites for hydroxylation is 4. The standard InChI is InChI=1S/C32H34N4O/c1-4-35-30-21-24(13-14-26(30)28-16-18-33-22(2)31(28)35)37-20-10-6-5-9-19-36-29-12-8-7-11-25(29)27-15-17-34-23(3)32(27)36/h7-8,11-18,21H,4-6,9-10,19-20H2,1-3H3. The molecule has 188 valence electrons. The van der Waals surface area contributed by atoms with E-state index in [4.69, 9.17) is 4.74 Å². The Bertz CT molecular complexity index is 1730. The predicted octanol–water partition coefficient (Wildman–Crippen LogP) is 7.97. The summed E-state index contributed by atoms with van der Waals surface area (Å²) < 4.78 is 11.0. The minimum absolute atomic E-state index is 0.747. The number of rotatable bonds is 9. The largest absolute Gasteiger partial charge is 0.494 e. The maximum absolute atomic E-state index is 6.18. The first kappa shape index (κ1) is 23.5. The fourth-order valence-electron chi connectivity index (χ4n) is 5.94. The van der Waals surface area contributed by atoms with Crippen LogP contribution in [0.25, 0.3) is 43.6 Å². The van der Waals surface area contributed by atoms with Gasteiger partial charge < -0.3 is 13.9 Å². The Hall–Kier alpha value is -3.86. The number of aromatic nitrogens is 4. The van der Waals surface area contributed by atoms with E-state index in [9.17, 15) is 0 Å². The van der Waals surface area contributed by atoms with Crippen LogP contribution in [0.5, 0.6) is 5.75 Å². The minimum Gasteiger partial charge on any atom is -0.494 e. The summed E-state index contributed by atoms with van der Waals surface area (Å²) in [5, 5.41) is 5.17. The van der Waals surface area contributed by atoms with Crippen molar-refractivity contribution >= 4 is 43.6 Å². The van der Waals surface area contributed by atoms with E-state index >= 15 is 0 Å². The molecule has 4 aromatic heterocycles. The highest BCUT2D eigenvalue weighted by Gasteiger charge is 2.14. The van der Waals surface area contributed by atoms with Gasteiger partial charge >= 0.3 is 0 Å². The number of nitrogens with zero attached hydrogens (tertiary/aromatic N) is 4. The molecule has 0 aliphatic heterocycles. The molecule has 0 aliphatic carbocycles. The van der Waals surface area contributed by atoms with Crippen LogP contribution in [0.4, 0.5) is 0 Å². The van der Waals surface area contributed by atoms with Crippen LogP contribution in [-0.4, -0.2) is 25.7 Å². The average molecular weight is 491 g/mol. The van der Waals surface area contributed by atoms with Crippen molar-refractivity contribution in [3.8, 4) is 5.75 Å². The summed E-state index contributed by atoms with van der Waals surface area (Å²) in [6.45, 7) is 9.07. The summed E-state index contributed by atoms with van der Waals surface area (Å²) in [7, 11) is 0. The quantitative estimate of drug-likeness (QED) is 0.193. The molecule has 0 amide bonds. The van der Waals surface area contributed by atoms with Crippen LogP contribution in [0, 0.1) is 13.8 Å². The van der Waals surface area contributed by atoms with Crippen LogP contribution < -0.4 is 4.74 Å². The number of hydrogen-bond donors (Lipinski definition) is 0. The molecule has 0 aliphatic rings. The second-order valence-electron chi connectivity index (χ2n) is 9.94. The Morgan fingerprint density at radius 1 is 0.676 bits per heavy atom. The van der Waals surface area contributed by atoms with E-state index in [2.05, 4.69) is 94.5 Å². The van der Waals surface area contributed by atoms with E-state index in [-0.39, 0.29) is 0 Å². The molecule has 5 nitrogen and oxygen atoms in total. The van der Waals surface area contributed by atoms with Crippen LogP contribution >= 0.6 is 0 Å². The van der Waals surface area contributed by atoms with Crippen LogP contribution in [-0.2, 0) is 13.1 Å². The number of ether oxygens (including phenoxy) is 1. The summed E-state index contributed by atoms with van der Waals surface area (Å²) >= 11 is 0. The summed E-state index contributed by atoms with van der Waals surface area (Å²) in [5.74, 6) is 0.948. The molecule has 0 saturated carbocycles. The molecule has 37 heavy (non-hydrogen) atoms. The van der Waals surface area contributed by atoms with Gasteiger partial charge in [0, 0.05) is 58.6 Å². The third-order valence-electron chi connectivity index (χ3n) is 7.65. The molecular weight excluding hydrogens is 456 g/mol. The van der Waals surface area contributed by atoms with Crippen molar-refractivity contribution in [2.45, 2.75) is 59.5 Å². The van der Waals surface area contributed by atoms with Crippen molar-refractivity contribution < 1.29 is 4.74 Å². The van der Waals surface area contributed by atoms with Crippen molar-refractivity contribution in [2.75, 3.05) is 6.61 Å². The zero-order valence-corrected chi connectivity index (χ0v) is 22.0. The van der Waals surface area contributed by atoms with E-state index < -0.39 is 0 Å². The van der Waals surface area contributed by atoms with Crippen LogP contribution in [0.1, 0.15) is 44.0 Å². The summed E-state index contributed by atoms with van der Waals surface area (Å²) in [6.07, 6.45) is 8.39. The molecule has 6 aromatic rings. The Labute approximate surface area is 217 Å². The zero-order chi connectivity index (χ0) is 25.4. The van der Waals surface area contributed by atoms with Crippen LogP contribution in [0.2, 0.25) is 0 Å². The van der Waals surface area contributed by atoms with Crippen LogP contribution in [0.3, 0.4) is 0 Å². The van der Waals surface area contributed by atoms with Gasteiger partial charge in [0.1, 0.15) is 5.75 Å². The molecule has 0 spiro atoms. The number of unbranched alkanes of at least 4 members (excludes halogenated alkanes) is 3. The molecule has 0 bridgehead atoms. The molecular formula is C32H34N4O. The van der Waals surface area contributed by atoms with E-state index in [1.54, 1.807) is 0 Å². The maximum Gasteiger partial charge on any atom is 0.121 e. The normalized spacial score (nSPS) is 11.9. The number of fused-ring (bicyclic) bond motifs is 6. The van der Waals surface area contributed by atoms with Gasteiger partial charge in [0.2, 0.25) is 0 Å². The van der Waals surface area contributed by atoms with Crippen molar-refractivity contribution in [1.29, 1.82) is 0 Å². The van der Waals surface area contributed by atoms with Crippen LogP contribution in [0.15, 0.2) is 67.0 Å². The van der Waals surface area contributed by atoms with Gasteiger partial charge in [-0.05, 0) is 63.9 Å². The molecule has 0 fully saturated rings. The third-order valence-corrected chi connectivity index (χ3v) is 7.65. The molecule has 0 radical (unpaired) electrons. The highest BCUT2D eigenvalue weighted by molar-refractivity contribution is 6.09. The van der Waals surface area contributed by atoms with Gasteiger partial charge in [-0.2, -0.15) is 0 Å². The van der Waals surface area contributed by atoms with Gasteiger partial charge in [-0.1, -0.05) is 31.0 Å². The number of para-hydroxylation sites is 1. The summed E-state index contributed by atoms with van der Waals surface area (Å²) in [6, 6.07) is 19.5. The van der Waals surface area contributed by atoms with Gasteiger partial charge in [-0.3, -0.25) is 9.97 Å². The first-order valence-electron chi connectivity index (χ1n) is 13.5. The highest BCUT2D eigenvalue weighted by Crippen LogP contribution is 2.33. The Morgan fingerprint density at radius 3 is 2.11 bits per heavy atom. The lowest BCUT2D eigenvalue weighted by Crippen LogP contribution is -2.01. The van der Waals surface area contributed by atoms with E-state index in [1.807, 2.05) is 12.4 Å². The van der Waals surface area contributed by atoms with Gasteiger partial charge in [0.15, 0.2) is 0 Å². The average Bonchev–Trinajstić information content (AvgIpc) is 3.42. The minimum atomic E-state index is 0.747. The molecule has 5 heteroatoms. The summed E-state index contributed by atoms with van der Waals surface area (Å²) in [5.41, 5.74) is 7.21. The molecule has 0 saturated heterocycles. The lowest BCUT2D eigenvalue weighted by atomic mass is 10.1. The molecule has 0 atom stereocenters. The highest BCUT2D eigenvalue weighted by atomic mass is 16.5. The zero-order valence-electron chi connectivity index (χ0n) is 22.0. The van der Waals surface area contributed by atoms with Gasteiger partial charge in [-0.25, -0.2) is 0 Å². The third kappa shape index (κ3) is 4.12. The molecule has 0 N–H and O–H groups in total. The SMILES string of the molecule is CCn1c2cc(OCCCCCCn3c4ccccc4c4ccnc(C)c43)ccc2c2ccnc(C)c21. The number of pyridine rings is 2. The number of benzene rings is 2. The molecule has 0 unspecified atom stereocenters. The monoisotopic (exact) mass is 490 g/mol. The predicted molar refractivity (Wildman–Crippen MR) is 154 cm³/mol. The second-order valence-corrected chi connectivity index (χ2v) is 9.94. The Kier molecular flexibility index (Phi) is 6.29. The van der Waals surface area contributed by atoms with E-state index in [0.29, 0.717) is 0 Å². The van der Waals surface area contributed by atoms with E-state index in [1.165, 1.54) is 50.0 Å². The van der Waals surface area contributed by atoms with Crippen molar-refractivity contribution in [1.82, 2.24) is 19.1 Å². The Morgan fingerprint density at radius 2 is 1.35 bits per heavy atom. The fourth-order valence-corrected chi connectivity index (χ4v) is 5.94. The first-order valence-corrected chi connectivity index (χ1v) is 13.5. The summed E-state index contributed by atoms with van der Waals surface area (Å²) in [4.78, 5) is 9.08. The topological polar surface area (TPSA) is 44.9 Å². The van der Waals surface area contributed by atoms with Gasteiger partial charge in [0.25, 0.3) is 0 Å². The molecule has 4 heterocycles. The van der Waals surface area contributed by atoms with Crippen molar-refractivity contribution in [3.05, 3.63) is 78.4 Å². The smallest absolute Gasteiger partial charge is 0.121 e. The second kappa shape index (κ2) is 9.89. The van der Waals surface area contributed by atoms with Gasteiger partial charge in [0.05, 0.1) is 34.5 Å². The van der Waals surface area contributed by atoms with Crippen molar-refractivity contribution in [2.24, 2.45) is 0 Å². The lowest BCUT2D eigenvalue weighted by Gasteiger charge is -2.10. The lowest BCUT2D eigenvalue weighted by molar-refractivity contribution is 0.304. The number of hydrogen-bond acceptors (Lipinski definition) is 3. The fraction of sp³-hybridized carbons (Fsp3) is 0.312. The van der Waals surface area contributed by atoms with E-state index in [0.717, 1.165) is 56.1 Å². The molecule has 6 rings (SSSR count). The van der Waals surface area contributed by atoms with Crippen molar-refractivity contribution in [3.63, 3.8) is 0 Å². The molecule has 2 aromatic carbocycles. The first-order chi connectivity index (χ1) is 18.2. The maximum atomic E-state index is 6.18.